The van der Waals surface area contributed by atoms with Gasteiger partial charge in [0.1, 0.15) is 5.69 Å². The summed E-state index contributed by atoms with van der Waals surface area (Å²) in [5, 5.41) is 17.6. The van der Waals surface area contributed by atoms with Gasteiger partial charge in [-0.25, -0.2) is 4.79 Å². The van der Waals surface area contributed by atoms with Crippen LogP contribution in [0, 0.1) is 0 Å². The second kappa shape index (κ2) is 7.82. The first-order valence-corrected chi connectivity index (χ1v) is 9.39. The normalized spacial score (nSPS) is 15.5. The fraction of sp³-hybridized carbons (Fsp3) is 0.286. The number of aromatic carboxylic acids is 1. The summed E-state index contributed by atoms with van der Waals surface area (Å²) in [4.78, 5) is 18.0. The molecule has 0 unspecified atom stereocenters. The van der Waals surface area contributed by atoms with Crippen molar-refractivity contribution in [2.75, 3.05) is 25.5 Å². The van der Waals surface area contributed by atoms with Crippen molar-refractivity contribution >= 4 is 17.3 Å². The molecular formula is C21H23N5O2. The van der Waals surface area contributed by atoms with Gasteiger partial charge in [0.25, 0.3) is 0 Å². The molecule has 7 heteroatoms. The number of hydrogen-bond donors (Lipinski definition) is 2. The van der Waals surface area contributed by atoms with E-state index in [1.54, 1.807) is 0 Å². The number of carboxylic acids is 1. The number of piperidine rings is 1. The molecule has 2 aromatic heterocycles. The predicted octanol–water partition coefficient (Wildman–Crippen LogP) is 3.65. The molecule has 4 rings (SSSR count). The Bertz CT molecular complexity index is 962. The van der Waals surface area contributed by atoms with Crippen molar-refractivity contribution in [3.05, 3.63) is 60.6 Å². The highest BCUT2D eigenvalue weighted by Crippen LogP contribution is 2.33. The Morgan fingerprint density at radius 3 is 2.61 bits per heavy atom. The SMILES string of the molecule is CN1CCC(n2cc(Nc3cnccc3C(=O)O)c(-c3ccccc3)n2)CC1. The molecule has 0 bridgehead atoms. The van der Waals surface area contributed by atoms with Crippen molar-refractivity contribution in [3.63, 3.8) is 0 Å². The fourth-order valence-corrected chi connectivity index (χ4v) is 3.56. The molecule has 1 aliphatic rings. The van der Waals surface area contributed by atoms with Gasteiger partial charge in [-0.2, -0.15) is 5.10 Å². The van der Waals surface area contributed by atoms with Gasteiger partial charge in [-0.1, -0.05) is 30.3 Å². The molecule has 1 aromatic carbocycles. The lowest BCUT2D eigenvalue weighted by atomic mass is 10.1. The number of aromatic nitrogens is 3. The maximum Gasteiger partial charge on any atom is 0.337 e. The third kappa shape index (κ3) is 3.75. The molecule has 0 spiro atoms. The van der Waals surface area contributed by atoms with E-state index in [2.05, 4.69) is 22.2 Å². The highest BCUT2D eigenvalue weighted by atomic mass is 16.4. The van der Waals surface area contributed by atoms with Crippen molar-refractivity contribution in [1.82, 2.24) is 19.7 Å². The average molecular weight is 377 g/mol. The van der Waals surface area contributed by atoms with Gasteiger partial charge in [-0.3, -0.25) is 9.67 Å². The van der Waals surface area contributed by atoms with Gasteiger partial charge in [0.2, 0.25) is 0 Å². The number of carboxylic acid groups (broad SMARTS) is 1. The molecule has 1 saturated heterocycles. The van der Waals surface area contributed by atoms with Crippen molar-refractivity contribution in [1.29, 1.82) is 0 Å². The first-order valence-electron chi connectivity index (χ1n) is 9.39. The number of rotatable bonds is 5. The molecule has 1 fully saturated rings. The van der Waals surface area contributed by atoms with Crippen LogP contribution in [0.1, 0.15) is 29.2 Å². The van der Waals surface area contributed by atoms with Crippen LogP contribution in [0.5, 0.6) is 0 Å². The first-order chi connectivity index (χ1) is 13.6. The van der Waals surface area contributed by atoms with Crippen LogP contribution in [0.3, 0.4) is 0 Å². The largest absolute Gasteiger partial charge is 0.478 e. The number of nitrogens with zero attached hydrogens (tertiary/aromatic N) is 4. The molecular weight excluding hydrogens is 354 g/mol. The van der Waals surface area contributed by atoms with E-state index in [0.717, 1.165) is 42.9 Å². The topological polar surface area (TPSA) is 83.3 Å². The lowest BCUT2D eigenvalue weighted by molar-refractivity contribution is 0.0698. The maximum atomic E-state index is 11.6. The van der Waals surface area contributed by atoms with Crippen LogP contribution in [0.4, 0.5) is 11.4 Å². The van der Waals surface area contributed by atoms with Crippen LogP contribution in [0.25, 0.3) is 11.3 Å². The van der Waals surface area contributed by atoms with Gasteiger partial charge in [-0.15, -0.1) is 0 Å². The van der Waals surface area contributed by atoms with Crippen molar-refractivity contribution in [2.24, 2.45) is 0 Å². The molecule has 0 saturated carbocycles. The minimum atomic E-state index is -0.992. The Labute approximate surface area is 163 Å². The van der Waals surface area contributed by atoms with Crippen molar-refractivity contribution in [3.8, 4) is 11.3 Å². The van der Waals surface area contributed by atoms with Gasteiger partial charge < -0.3 is 15.3 Å². The summed E-state index contributed by atoms with van der Waals surface area (Å²) in [6, 6.07) is 11.8. The van der Waals surface area contributed by atoms with Crippen LogP contribution in [0.15, 0.2) is 55.0 Å². The van der Waals surface area contributed by atoms with E-state index in [1.165, 1.54) is 18.5 Å². The number of hydrogen-bond acceptors (Lipinski definition) is 5. The number of anilines is 2. The zero-order chi connectivity index (χ0) is 19.5. The summed E-state index contributed by atoms with van der Waals surface area (Å²) in [5.41, 5.74) is 3.20. The lowest BCUT2D eigenvalue weighted by Crippen LogP contribution is -2.31. The van der Waals surface area contributed by atoms with E-state index in [-0.39, 0.29) is 5.56 Å². The molecule has 0 aliphatic carbocycles. The maximum absolute atomic E-state index is 11.6. The predicted molar refractivity (Wildman–Crippen MR) is 108 cm³/mol. The van der Waals surface area contributed by atoms with E-state index < -0.39 is 5.97 Å². The lowest BCUT2D eigenvalue weighted by Gasteiger charge is -2.29. The molecule has 0 amide bonds. The quantitative estimate of drug-likeness (QED) is 0.706. The van der Waals surface area contributed by atoms with Crippen LogP contribution in [0.2, 0.25) is 0 Å². The molecule has 0 radical (unpaired) electrons. The molecule has 28 heavy (non-hydrogen) atoms. The molecule has 2 N–H and O–H groups in total. The average Bonchev–Trinajstić information content (AvgIpc) is 3.13. The summed E-state index contributed by atoms with van der Waals surface area (Å²) >= 11 is 0. The van der Waals surface area contributed by atoms with Crippen LogP contribution in [-0.4, -0.2) is 50.9 Å². The molecule has 3 heterocycles. The van der Waals surface area contributed by atoms with E-state index in [4.69, 9.17) is 5.10 Å². The van der Waals surface area contributed by atoms with E-state index >= 15 is 0 Å². The molecule has 144 valence electrons. The standard InChI is InChI=1S/C21H23N5O2/c1-25-11-8-16(9-12-25)26-14-19(20(24-26)15-5-3-2-4-6-15)23-18-13-22-10-7-17(18)21(27)28/h2-7,10,13-14,16,23H,8-9,11-12H2,1H3,(H,27,28). The van der Waals surface area contributed by atoms with Crippen molar-refractivity contribution in [2.45, 2.75) is 18.9 Å². The van der Waals surface area contributed by atoms with E-state index in [0.29, 0.717) is 11.7 Å². The van der Waals surface area contributed by atoms with Gasteiger partial charge in [-0.05, 0) is 39.0 Å². The van der Waals surface area contributed by atoms with Crippen molar-refractivity contribution < 1.29 is 9.90 Å². The Balaban J connectivity index is 1.72. The molecule has 0 atom stereocenters. The molecule has 7 nitrogen and oxygen atoms in total. The van der Waals surface area contributed by atoms with E-state index in [9.17, 15) is 9.90 Å². The summed E-state index contributed by atoms with van der Waals surface area (Å²) < 4.78 is 2.02. The third-order valence-corrected chi connectivity index (χ3v) is 5.16. The third-order valence-electron chi connectivity index (χ3n) is 5.16. The summed E-state index contributed by atoms with van der Waals surface area (Å²) in [6.07, 6.45) is 7.08. The smallest absolute Gasteiger partial charge is 0.337 e. The Kier molecular flexibility index (Phi) is 5.08. The number of carbonyl (C=O) groups is 1. The van der Waals surface area contributed by atoms with E-state index in [1.807, 2.05) is 41.2 Å². The minimum absolute atomic E-state index is 0.182. The number of nitrogens with one attached hydrogen (secondary N) is 1. The first kappa shape index (κ1) is 18.2. The van der Waals surface area contributed by atoms with Gasteiger partial charge in [0.05, 0.1) is 29.2 Å². The monoisotopic (exact) mass is 377 g/mol. The minimum Gasteiger partial charge on any atom is -0.478 e. The van der Waals surface area contributed by atoms with Gasteiger partial charge >= 0.3 is 5.97 Å². The van der Waals surface area contributed by atoms with Gasteiger partial charge in [0.15, 0.2) is 0 Å². The Morgan fingerprint density at radius 2 is 1.89 bits per heavy atom. The summed E-state index contributed by atoms with van der Waals surface area (Å²) in [6.45, 7) is 2.08. The number of likely N-dealkylation sites (tertiary alicyclic amines) is 1. The van der Waals surface area contributed by atoms with Crippen LogP contribution in [-0.2, 0) is 0 Å². The second-order valence-electron chi connectivity index (χ2n) is 7.12. The zero-order valence-corrected chi connectivity index (χ0v) is 15.7. The highest BCUT2D eigenvalue weighted by molar-refractivity contribution is 5.95. The second-order valence-corrected chi connectivity index (χ2v) is 7.12. The van der Waals surface area contributed by atoms with Crippen LogP contribution >= 0.6 is 0 Å². The number of pyridine rings is 1. The highest BCUT2D eigenvalue weighted by Gasteiger charge is 2.22. The van der Waals surface area contributed by atoms with Crippen LogP contribution < -0.4 is 5.32 Å². The molecule has 3 aromatic rings. The number of benzene rings is 1. The summed E-state index contributed by atoms with van der Waals surface area (Å²) in [7, 11) is 2.14. The Morgan fingerprint density at radius 1 is 1.14 bits per heavy atom. The Hall–Kier alpha value is -3.19. The summed E-state index contributed by atoms with van der Waals surface area (Å²) in [5.74, 6) is -0.992. The van der Waals surface area contributed by atoms with Gasteiger partial charge in [0, 0.05) is 18.0 Å². The fourth-order valence-electron chi connectivity index (χ4n) is 3.56. The molecule has 1 aliphatic heterocycles. The zero-order valence-electron chi connectivity index (χ0n) is 15.7.